The lowest BCUT2D eigenvalue weighted by Crippen LogP contribution is -2.29. The van der Waals surface area contributed by atoms with Crippen molar-refractivity contribution < 1.29 is 14.6 Å². The molecule has 0 spiro atoms. The van der Waals surface area contributed by atoms with Gasteiger partial charge < -0.3 is 20.3 Å². The Bertz CT molecular complexity index is 292. The molecule has 92 valence electrons. The third-order valence-electron chi connectivity index (χ3n) is 2.19. The van der Waals surface area contributed by atoms with Gasteiger partial charge in [0.25, 0.3) is 0 Å². The van der Waals surface area contributed by atoms with Gasteiger partial charge in [-0.2, -0.15) is 0 Å². The quantitative estimate of drug-likeness (QED) is 0.434. The molecule has 1 rings (SSSR count). The molecule has 1 aliphatic rings. The number of aliphatic imine (C=N–C) groups is 1. The highest BCUT2D eigenvalue weighted by atomic mass is 35.5. The second-order valence-electron chi connectivity index (χ2n) is 3.88. The normalized spacial score (nSPS) is 30.1. The van der Waals surface area contributed by atoms with Crippen molar-refractivity contribution >= 4 is 17.8 Å². The van der Waals surface area contributed by atoms with E-state index in [1.165, 1.54) is 12.4 Å². The van der Waals surface area contributed by atoms with Crippen LogP contribution in [0.15, 0.2) is 16.8 Å². The van der Waals surface area contributed by atoms with Crippen molar-refractivity contribution in [3.05, 3.63) is 11.8 Å². The highest BCUT2D eigenvalue weighted by molar-refractivity contribution is 6.18. The first kappa shape index (κ1) is 13.4. The molecule has 1 heterocycles. The fourth-order valence-electron chi connectivity index (χ4n) is 1.60. The summed E-state index contributed by atoms with van der Waals surface area (Å²) in [4.78, 5) is 3.88. The van der Waals surface area contributed by atoms with Crippen LogP contribution < -0.4 is 5.73 Å². The highest BCUT2D eigenvalue weighted by Crippen LogP contribution is 2.31. The van der Waals surface area contributed by atoms with Crippen LogP contribution in [0.1, 0.15) is 13.8 Å². The lowest BCUT2D eigenvalue weighted by Gasteiger charge is -2.16. The van der Waals surface area contributed by atoms with Gasteiger partial charge in [0.15, 0.2) is 5.79 Å². The van der Waals surface area contributed by atoms with Gasteiger partial charge in [-0.25, -0.2) is 0 Å². The van der Waals surface area contributed by atoms with Crippen molar-refractivity contribution in [1.29, 1.82) is 0 Å². The standard InChI is InChI=1S/C10H17ClN2O3/c1-10(2)15-8(5-14)9(16-10)7(3-12)4-13-6-11/h3-4,8-9,14H,5-6,12H2,1-2H3/b7-3+,13-4?. The Morgan fingerprint density at radius 2 is 2.25 bits per heavy atom. The van der Waals surface area contributed by atoms with Crippen LogP contribution in [0.25, 0.3) is 0 Å². The molecule has 0 bridgehead atoms. The van der Waals surface area contributed by atoms with E-state index in [-0.39, 0.29) is 12.6 Å². The van der Waals surface area contributed by atoms with Crippen LogP contribution in [-0.2, 0) is 9.47 Å². The SMILES string of the molecule is CC1(C)OC(CO)C(/C(C=NCCl)=C/N)O1. The minimum Gasteiger partial charge on any atom is -0.404 e. The van der Waals surface area contributed by atoms with E-state index < -0.39 is 18.0 Å². The molecule has 0 aliphatic carbocycles. The number of rotatable bonds is 4. The zero-order chi connectivity index (χ0) is 12.2. The number of aliphatic hydroxyl groups excluding tert-OH is 1. The molecule has 6 heteroatoms. The van der Waals surface area contributed by atoms with Crippen LogP contribution in [0.2, 0.25) is 0 Å². The van der Waals surface area contributed by atoms with Crippen LogP contribution in [-0.4, -0.2) is 41.9 Å². The second kappa shape index (κ2) is 5.63. The maximum absolute atomic E-state index is 9.19. The molecule has 0 amide bonds. The number of nitrogens with zero attached hydrogens (tertiary/aromatic N) is 1. The Balaban J connectivity index is 2.81. The molecule has 5 nitrogen and oxygen atoms in total. The largest absolute Gasteiger partial charge is 0.404 e. The monoisotopic (exact) mass is 248 g/mol. The topological polar surface area (TPSA) is 77.1 Å². The van der Waals surface area contributed by atoms with Crippen LogP contribution in [0.5, 0.6) is 0 Å². The third-order valence-corrected chi connectivity index (χ3v) is 2.33. The summed E-state index contributed by atoms with van der Waals surface area (Å²) in [6, 6.07) is 0.151. The third kappa shape index (κ3) is 3.18. The number of hydrogen-bond donors (Lipinski definition) is 2. The number of ether oxygens (including phenoxy) is 2. The summed E-state index contributed by atoms with van der Waals surface area (Å²) in [6.45, 7) is 3.42. The fraction of sp³-hybridized carbons (Fsp3) is 0.700. The van der Waals surface area contributed by atoms with Gasteiger partial charge in [-0.3, -0.25) is 4.99 Å². The molecule has 1 aliphatic heterocycles. The summed E-state index contributed by atoms with van der Waals surface area (Å²) in [5.74, 6) is -0.735. The van der Waals surface area contributed by atoms with Crippen LogP contribution in [0.4, 0.5) is 0 Å². The van der Waals surface area contributed by atoms with Gasteiger partial charge in [0.05, 0.1) is 6.61 Å². The molecule has 16 heavy (non-hydrogen) atoms. The molecule has 0 saturated carbocycles. The fourth-order valence-corrected chi connectivity index (χ4v) is 1.67. The minimum atomic E-state index is -0.735. The smallest absolute Gasteiger partial charge is 0.164 e. The van der Waals surface area contributed by atoms with E-state index in [1.54, 1.807) is 13.8 Å². The molecule has 0 aromatic rings. The van der Waals surface area contributed by atoms with Crippen molar-refractivity contribution in [3.63, 3.8) is 0 Å². The predicted octanol–water partition coefficient (Wildman–Crippen LogP) is 0.609. The predicted molar refractivity (Wildman–Crippen MR) is 62.4 cm³/mol. The number of hydrogen-bond acceptors (Lipinski definition) is 5. The summed E-state index contributed by atoms with van der Waals surface area (Å²) in [7, 11) is 0. The number of alkyl halides is 1. The lowest BCUT2D eigenvalue weighted by atomic mass is 10.1. The average molecular weight is 249 g/mol. The molecule has 0 aromatic carbocycles. The van der Waals surface area contributed by atoms with Crippen LogP contribution in [0.3, 0.4) is 0 Å². The Morgan fingerprint density at radius 3 is 2.75 bits per heavy atom. The molecule has 2 atom stereocenters. The summed E-state index contributed by atoms with van der Waals surface area (Å²) in [5.41, 5.74) is 6.13. The van der Waals surface area contributed by atoms with Gasteiger partial charge in [0.1, 0.15) is 18.2 Å². The van der Waals surface area contributed by atoms with Gasteiger partial charge in [0, 0.05) is 18.0 Å². The van der Waals surface area contributed by atoms with Crippen LogP contribution >= 0.6 is 11.6 Å². The molecule has 0 aromatic heterocycles. The maximum Gasteiger partial charge on any atom is 0.164 e. The average Bonchev–Trinajstić information content (AvgIpc) is 2.55. The number of nitrogens with two attached hydrogens (primary N) is 1. The maximum atomic E-state index is 9.19. The Hall–Kier alpha value is -0.620. The van der Waals surface area contributed by atoms with Crippen molar-refractivity contribution in [2.45, 2.75) is 31.8 Å². The Kier molecular flexibility index (Phi) is 4.73. The van der Waals surface area contributed by atoms with E-state index in [2.05, 4.69) is 4.99 Å². The molecule has 3 N–H and O–H groups in total. The van der Waals surface area contributed by atoms with E-state index in [0.29, 0.717) is 5.57 Å². The van der Waals surface area contributed by atoms with Gasteiger partial charge in [-0.05, 0) is 13.8 Å². The van der Waals surface area contributed by atoms with E-state index in [0.717, 1.165) is 0 Å². The van der Waals surface area contributed by atoms with E-state index in [9.17, 15) is 5.11 Å². The Labute approximate surface area is 99.9 Å². The van der Waals surface area contributed by atoms with Crippen molar-refractivity contribution in [2.24, 2.45) is 10.7 Å². The molecule has 1 saturated heterocycles. The van der Waals surface area contributed by atoms with E-state index in [4.69, 9.17) is 26.8 Å². The van der Waals surface area contributed by atoms with Crippen molar-refractivity contribution in [2.75, 3.05) is 12.6 Å². The highest BCUT2D eigenvalue weighted by Gasteiger charge is 2.42. The number of halogens is 1. The first-order chi connectivity index (χ1) is 7.54. The zero-order valence-electron chi connectivity index (χ0n) is 9.39. The van der Waals surface area contributed by atoms with Gasteiger partial charge in [0.2, 0.25) is 0 Å². The molecular formula is C10H17ClN2O3. The van der Waals surface area contributed by atoms with Gasteiger partial charge in [-0.1, -0.05) is 0 Å². The van der Waals surface area contributed by atoms with Gasteiger partial charge >= 0.3 is 0 Å². The molecular weight excluding hydrogens is 232 g/mol. The van der Waals surface area contributed by atoms with E-state index >= 15 is 0 Å². The minimum absolute atomic E-state index is 0.139. The number of aliphatic hydroxyl groups is 1. The lowest BCUT2D eigenvalue weighted by molar-refractivity contribution is -0.146. The van der Waals surface area contributed by atoms with Gasteiger partial charge in [-0.15, -0.1) is 11.6 Å². The van der Waals surface area contributed by atoms with Crippen LogP contribution in [0, 0.1) is 0 Å². The second-order valence-corrected chi connectivity index (χ2v) is 4.11. The van der Waals surface area contributed by atoms with Crippen molar-refractivity contribution in [3.8, 4) is 0 Å². The first-order valence-corrected chi connectivity index (χ1v) is 5.51. The first-order valence-electron chi connectivity index (χ1n) is 4.98. The Morgan fingerprint density at radius 1 is 1.56 bits per heavy atom. The summed E-state index contributed by atoms with van der Waals surface area (Å²) in [5, 5.41) is 9.19. The van der Waals surface area contributed by atoms with Crippen molar-refractivity contribution in [1.82, 2.24) is 0 Å². The zero-order valence-corrected chi connectivity index (χ0v) is 10.1. The molecule has 1 fully saturated rings. The summed E-state index contributed by atoms with van der Waals surface area (Å²) >= 11 is 5.45. The molecule has 0 radical (unpaired) electrons. The summed E-state index contributed by atoms with van der Waals surface area (Å²) in [6.07, 6.45) is 2.06. The summed E-state index contributed by atoms with van der Waals surface area (Å²) < 4.78 is 11.1. The molecule has 2 unspecified atom stereocenters. The van der Waals surface area contributed by atoms with E-state index in [1.807, 2.05) is 0 Å².